The number of rotatable bonds is 5. The number of hydrogen-bond donors (Lipinski definition) is 0. The molecule has 252 valence electrons. The summed E-state index contributed by atoms with van der Waals surface area (Å²) in [6.45, 7) is 0. The van der Waals surface area contributed by atoms with E-state index in [0.717, 1.165) is 82.8 Å². The summed E-state index contributed by atoms with van der Waals surface area (Å²) in [6.07, 6.45) is 0. The normalized spacial score (nSPS) is 11.7. The van der Waals surface area contributed by atoms with Gasteiger partial charge >= 0.3 is 0 Å². The summed E-state index contributed by atoms with van der Waals surface area (Å²) in [7, 11) is 0. The number of nitrogens with zero attached hydrogens (tertiary/aromatic N) is 4. The first-order chi connectivity index (χ1) is 26.8. The molecule has 5 heteroatoms. The van der Waals surface area contributed by atoms with Crippen LogP contribution < -0.4 is 0 Å². The molecule has 0 amide bonds. The van der Waals surface area contributed by atoms with Crippen LogP contribution in [-0.4, -0.2) is 19.4 Å². The molecule has 0 aliphatic heterocycles. The topological polar surface area (TPSA) is 56.2 Å². The van der Waals surface area contributed by atoms with E-state index in [2.05, 4.69) is 174 Å². The Morgan fingerprint density at radius 1 is 0.352 bits per heavy atom. The molecule has 0 saturated heterocycles. The zero-order valence-electron chi connectivity index (χ0n) is 29.0. The molecule has 0 bridgehead atoms. The van der Waals surface area contributed by atoms with E-state index < -0.39 is 0 Å². The lowest BCUT2D eigenvalue weighted by atomic mass is 9.99. The molecule has 0 N–H and O–H groups in total. The summed E-state index contributed by atoms with van der Waals surface area (Å²) in [5.41, 5.74) is 11.3. The van der Waals surface area contributed by atoms with Gasteiger partial charge in [-0.25, -0.2) is 15.0 Å². The maximum absolute atomic E-state index is 6.46. The van der Waals surface area contributed by atoms with Crippen molar-refractivity contribution in [2.45, 2.75) is 0 Å². The minimum Gasteiger partial charge on any atom is -0.438 e. The highest BCUT2D eigenvalue weighted by molar-refractivity contribution is 6.07. The second-order valence-corrected chi connectivity index (χ2v) is 13.6. The molecule has 0 aliphatic rings. The molecule has 5 nitrogen and oxygen atoms in total. The Balaban J connectivity index is 0.995. The summed E-state index contributed by atoms with van der Waals surface area (Å²) in [5, 5.41) is 5.67. The molecular weight excluding hydrogens is 661 g/mol. The van der Waals surface area contributed by atoms with Crippen LogP contribution in [0.25, 0.3) is 106 Å². The number of benzene rings is 8. The van der Waals surface area contributed by atoms with Crippen LogP contribution in [0.4, 0.5) is 0 Å². The fourth-order valence-electron chi connectivity index (χ4n) is 7.89. The molecule has 11 rings (SSSR count). The first-order valence-corrected chi connectivity index (χ1v) is 18.1. The summed E-state index contributed by atoms with van der Waals surface area (Å²) in [5.74, 6) is 1.93. The van der Waals surface area contributed by atoms with E-state index in [1.165, 1.54) is 5.39 Å². The van der Waals surface area contributed by atoms with Gasteiger partial charge in [0.1, 0.15) is 0 Å². The zero-order valence-corrected chi connectivity index (χ0v) is 29.0. The van der Waals surface area contributed by atoms with E-state index in [1.807, 2.05) is 12.1 Å². The van der Waals surface area contributed by atoms with Crippen molar-refractivity contribution in [1.82, 2.24) is 19.4 Å². The number of hydrogen-bond acceptors (Lipinski definition) is 4. The highest BCUT2D eigenvalue weighted by Gasteiger charge is 2.20. The van der Waals surface area contributed by atoms with Crippen molar-refractivity contribution in [3.63, 3.8) is 0 Å². The van der Waals surface area contributed by atoms with Gasteiger partial charge in [-0.05, 0) is 56.4 Å². The molecule has 3 heterocycles. The number of para-hydroxylation sites is 3. The average molecular weight is 691 g/mol. The molecule has 3 aromatic heterocycles. The third-order valence-electron chi connectivity index (χ3n) is 10.5. The van der Waals surface area contributed by atoms with Gasteiger partial charge in [-0.15, -0.1) is 0 Å². The van der Waals surface area contributed by atoms with Crippen LogP contribution in [0.5, 0.6) is 0 Å². The van der Waals surface area contributed by atoms with Crippen molar-refractivity contribution >= 4 is 49.3 Å². The van der Waals surface area contributed by atoms with Crippen LogP contribution in [0, 0.1) is 0 Å². The van der Waals surface area contributed by atoms with Gasteiger partial charge in [0.05, 0.1) is 16.6 Å². The van der Waals surface area contributed by atoms with E-state index >= 15 is 0 Å². The summed E-state index contributed by atoms with van der Waals surface area (Å²) < 4.78 is 8.68. The van der Waals surface area contributed by atoms with Crippen molar-refractivity contribution < 1.29 is 4.42 Å². The molecule has 0 atom stereocenters. The first-order valence-electron chi connectivity index (χ1n) is 18.1. The Morgan fingerprint density at radius 3 is 1.44 bits per heavy atom. The third-order valence-corrected chi connectivity index (χ3v) is 10.5. The predicted octanol–water partition coefficient (Wildman–Crippen LogP) is 12.7. The van der Waals surface area contributed by atoms with Crippen LogP contribution in [-0.2, 0) is 0 Å². The van der Waals surface area contributed by atoms with E-state index in [0.29, 0.717) is 17.5 Å². The minimum atomic E-state index is 0.633. The average Bonchev–Trinajstić information content (AvgIpc) is 3.78. The van der Waals surface area contributed by atoms with Crippen molar-refractivity contribution in [2.75, 3.05) is 0 Å². The Labute approximate surface area is 310 Å². The van der Waals surface area contributed by atoms with Gasteiger partial charge in [-0.2, -0.15) is 0 Å². The largest absolute Gasteiger partial charge is 0.438 e. The number of fused-ring (bicyclic) bond motifs is 7. The second-order valence-electron chi connectivity index (χ2n) is 13.6. The Kier molecular flexibility index (Phi) is 6.79. The van der Waals surface area contributed by atoms with Crippen molar-refractivity contribution in [3.05, 3.63) is 182 Å². The molecule has 0 unspecified atom stereocenters. The Hall–Kier alpha value is -7.37. The molecule has 11 aromatic rings. The van der Waals surface area contributed by atoms with Gasteiger partial charge in [0.2, 0.25) is 5.71 Å². The van der Waals surface area contributed by atoms with Gasteiger partial charge < -0.3 is 4.42 Å². The van der Waals surface area contributed by atoms with E-state index in [-0.39, 0.29) is 0 Å². The van der Waals surface area contributed by atoms with Gasteiger partial charge in [0.15, 0.2) is 23.1 Å². The van der Waals surface area contributed by atoms with E-state index in [4.69, 9.17) is 19.4 Å². The third kappa shape index (κ3) is 4.83. The SMILES string of the molecule is c1ccc2c(-c3nc(-c4ccc(-c5ccc(-c6c7ccccc7n7c6oc6ccccc67)cc5)cc4)nc(-c4cccc5ccccc45)n3)cccc2c1. The fraction of sp³-hybridized carbons (Fsp3) is 0. The number of aromatic nitrogens is 4. The molecule has 0 radical (unpaired) electrons. The minimum absolute atomic E-state index is 0.633. The van der Waals surface area contributed by atoms with Gasteiger partial charge in [-0.3, -0.25) is 4.40 Å². The van der Waals surface area contributed by atoms with Crippen molar-refractivity contribution in [2.24, 2.45) is 0 Å². The quantitative estimate of drug-likeness (QED) is 0.180. The maximum atomic E-state index is 6.46. The highest BCUT2D eigenvalue weighted by atomic mass is 16.3. The Morgan fingerprint density at radius 2 is 0.815 bits per heavy atom. The van der Waals surface area contributed by atoms with Gasteiger partial charge in [0.25, 0.3) is 0 Å². The first kappa shape index (κ1) is 30.3. The highest BCUT2D eigenvalue weighted by Crippen LogP contribution is 2.40. The van der Waals surface area contributed by atoms with E-state index in [9.17, 15) is 0 Å². The van der Waals surface area contributed by atoms with Crippen LogP contribution in [0.1, 0.15) is 0 Å². The monoisotopic (exact) mass is 690 g/mol. The van der Waals surface area contributed by atoms with Crippen LogP contribution in [0.2, 0.25) is 0 Å². The Bertz CT molecular complexity index is 3100. The predicted molar refractivity (Wildman–Crippen MR) is 220 cm³/mol. The molecule has 0 spiro atoms. The molecule has 0 fully saturated rings. The van der Waals surface area contributed by atoms with Gasteiger partial charge in [-0.1, -0.05) is 164 Å². The smallest absolute Gasteiger partial charge is 0.213 e. The molecule has 0 aliphatic carbocycles. The molecule has 54 heavy (non-hydrogen) atoms. The lowest BCUT2D eigenvalue weighted by Gasteiger charge is -2.12. The standard InChI is InChI=1S/C49H30N4O/c1-3-15-37-33(11-1)13-9-18-39(37)47-50-46(51-48(52-47)40-19-10-14-34-12-2-4-16-38(34)40)36-29-25-32(26-30-36)31-23-27-35(28-24-31)45-41-17-5-6-20-42(41)53-43-21-7-8-22-44(43)54-49(45)53/h1-30H. The zero-order chi connectivity index (χ0) is 35.6. The van der Waals surface area contributed by atoms with Gasteiger partial charge in [0, 0.05) is 22.1 Å². The lowest BCUT2D eigenvalue weighted by Crippen LogP contribution is -2.01. The summed E-state index contributed by atoms with van der Waals surface area (Å²) in [6, 6.07) is 63.3. The summed E-state index contributed by atoms with van der Waals surface area (Å²) in [4.78, 5) is 15.3. The second kappa shape index (κ2) is 12.1. The van der Waals surface area contributed by atoms with Crippen LogP contribution in [0.3, 0.4) is 0 Å². The lowest BCUT2D eigenvalue weighted by molar-refractivity contribution is 0.658. The van der Waals surface area contributed by atoms with Crippen molar-refractivity contribution in [1.29, 1.82) is 0 Å². The maximum Gasteiger partial charge on any atom is 0.213 e. The number of oxazole rings is 1. The van der Waals surface area contributed by atoms with Crippen LogP contribution >= 0.6 is 0 Å². The summed E-state index contributed by atoms with van der Waals surface area (Å²) >= 11 is 0. The molecule has 0 saturated carbocycles. The molecule has 8 aromatic carbocycles. The fourth-order valence-corrected chi connectivity index (χ4v) is 7.89. The molecular formula is C49H30N4O. The van der Waals surface area contributed by atoms with E-state index in [1.54, 1.807) is 0 Å². The van der Waals surface area contributed by atoms with Crippen LogP contribution in [0.15, 0.2) is 186 Å². The van der Waals surface area contributed by atoms with Crippen molar-refractivity contribution in [3.8, 4) is 56.4 Å².